The van der Waals surface area contributed by atoms with E-state index in [4.69, 9.17) is 5.11 Å². The molecule has 0 radical (unpaired) electrons. The smallest absolute Gasteiger partial charge is 0.253 e. The Bertz CT molecular complexity index is 714. The topological polar surface area (TPSA) is 107 Å². The zero-order valence-corrected chi connectivity index (χ0v) is 13.4. The van der Waals surface area contributed by atoms with E-state index in [1.807, 2.05) is 6.07 Å². The lowest BCUT2D eigenvalue weighted by atomic mass is 9.93. The summed E-state index contributed by atoms with van der Waals surface area (Å²) in [6.45, 7) is 0.0988. The molecule has 0 spiro atoms. The van der Waals surface area contributed by atoms with Crippen LogP contribution in [-0.2, 0) is 0 Å². The molecule has 0 saturated heterocycles. The van der Waals surface area contributed by atoms with E-state index in [2.05, 4.69) is 20.6 Å². The molecule has 4 N–H and O–H groups in total. The highest BCUT2D eigenvalue weighted by atomic mass is 16.3. The van der Waals surface area contributed by atoms with E-state index >= 15 is 0 Å². The van der Waals surface area contributed by atoms with Crippen molar-refractivity contribution in [2.24, 2.45) is 0 Å². The fourth-order valence-corrected chi connectivity index (χ4v) is 2.98. The number of nitrogens with zero attached hydrogens (tertiary/aromatic N) is 2. The summed E-state index contributed by atoms with van der Waals surface area (Å²) in [6, 6.07) is 5.60. The minimum Gasteiger partial charge on any atom is -0.395 e. The number of rotatable bonds is 5. The first-order valence-corrected chi connectivity index (χ1v) is 8.27. The summed E-state index contributed by atoms with van der Waals surface area (Å²) >= 11 is 0. The quantitative estimate of drug-likeness (QED) is 0.653. The number of para-hydroxylation sites is 1. The number of nitrogens with one attached hydrogen (secondary N) is 2. The summed E-state index contributed by atoms with van der Waals surface area (Å²) in [7, 11) is 0. The Morgan fingerprint density at radius 2 is 2.04 bits per heavy atom. The van der Waals surface area contributed by atoms with E-state index in [-0.39, 0.29) is 31.2 Å². The molecule has 1 aromatic heterocycles. The monoisotopic (exact) mass is 330 g/mol. The molecule has 24 heavy (non-hydrogen) atoms. The molecule has 1 amide bonds. The van der Waals surface area contributed by atoms with Crippen LogP contribution in [0.3, 0.4) is 0 Å². The van der Waals surface area contributed by atoms with Gasteiger partial charge >= 0.3 is 0 Å². The minimum absolute atomic E-state index is 0.105. The second-order valence-corrected chi connectivity index (χ2v) is 6.07. The molecule has 1 aromatic carbocycles. The number of hydrogen-bond acceptors (Lipinski definition) is 6. The van der Waals surface area contributed by atoms with E-state index < -0.39 is 0 Å². The van der Waals surface area contributed by atoms with Gasteiger partial charge in [-0.15, -0.1) is 0 Å². The fourth-order valence-electron chi connectivity index (χ4n) is 2.98. The summed E-state index contributed by atoms with van der Waals surface area (Å²) in [4.78, 5) is 21.1. The molecule has 1 aliphatic carbocycles. The first kappa shape index (κ1) is 16.6. The third kappa shape index (κ3) is 3.80. The van der Waals surface area contributed by atoms with Crippen LogP contribution >= 0.6 is 0 Å². The number of aliphatic hydroxyl groups is 2. The minimum atomic E-state index is -0.264. The van der Waals surface area contributed by atoms with Gasteiger partial charge in [0.1, 0.15) is 0 Å². The van der Waals surface area contributed by atoms with Crippen LogP contribution in [-0.4, -0.2) is 51.4 Å². The molecule has 2 aromatic rings. The van der Waals surface area contributed by atoms with Gasteiger partial charge in [-0.05, 0) is 31.7 Å². The van der Waals surface area contributed by atoms with Gasteiger partial charge in [-0.3, -0.25) is 4.79 Å². The molecule has 1 fully saturated rings. The van der Waals surface area contributed by atoms with Crippen molar-refractivity contribution in [1.82, 2.24) is 15.3 Å². The number of carbonyl (C=O) groups excluding carboxylic acids is 1. The lowest BCUT2D eigenvalue weighted by Crippen LogP contribution is -2.29. The first-order chi connectivity index (χ1) is 11.7. The van der Waals surface area contributed by atoms with Crippen LogP contribution in [0.2, 0.25) is 0 Å². The summed E-state index contributed by atoms with van der Waals surface area (Å²) in [6.07, 6.45) is 4.80. The van der Waals surface area contributed by atoms with Gasteiger partial charge in [0.25, 0.3) is 5.91 Å². The van der Waals surface area contributed by atoms with Gasteiger partial charge < -0.3 is 20.8 Å². The van der Waals surface area contributed by atoms with E-state index in [0.29, 0.717) is 17.0 Å². The van der Waals surface area contributed by atoms with Gasteiger partial charge in [0.2, 0.25) is 5.95 Å². The third-order valence-corrected chi connectivity index (χ3v) is 4.28. The van der Waals surface area contributed by atoms with Gasteiger partial charge in [0.05, 0.1) is 23.8 Å². The SMILES string of the molecule is O=C(NCCO)c1cccc2cnc(NC3CCC(O)CC3)nc12. The number of carbonyl (C=O) groups is 1. The van der Waals surface area contributed by atoms with Crippen LogP contribution in [0.4, 0.5) is 5.95 Å². The van der Waals surface area contributed by atoms with Crippen molar-refractivity contribution in [3.8, 4) is 0 Å². The Morgan fingerprint density at radius 3 is 2.79 bits per heavy atom. The van der Waals surface area contributed by atoms with Crippen molar-refractivity contribution >= 4 is 22.8 Å². The van der Waals surface area contributed by atoms with Crippen molar-refractivity contribution in [3.63, 3.8) is 0 Å². The van der Waals surface area contributed by atoms with Crippen molar-refractivity contribution in [2.45, 2.75) is 37.8 Å². The molecule has 7 heteroatoms. The van der Waals surface area contributed by atoms with Crippen molar-refractivity contribution in [2.75, 3.05) is 18.5 Å². The van der Waals surface area contributed by atoms with Gasteiger partial charge in [-0.1, -0.05) is 12.1 Å². The number of aliphatic hydroxyl groups excluding tert-OH is 2. The third-order valence-electron chi connectivity index (χ3n) is 4.28. The van der Waals surface area contributed by atoms with Gasteiger partial charge in [-0.2, -0.15) is 0 Å². The fraction of sp³-hybridized carbons (Fsp3) is 0.471. The molecular weight excluding hydrogens is 308 g/mol. The highest BCUT2D eigenvalue weighted by Crippen LogP contribution is 2.22. The van der Waals surface area contributed by atoms with Crippen LogP contribution in [0.1, 0.15) is 36.0 Å². The predicted octanol–water partition coefficient (Wildman–Crippen LogP) is 1.07. The molecule has 0 atom stereocenters. The Hall–Kier alpha value is -2.25. The lowest BCUT2D eigenvalue weighted by Gasteiger charge is -2.26. The van der Waals surface area contributed by atoms with Crippen molar-refractivity contribution in [1.29, 1.82) is 0 Å². The van der Waals surface area contributed by atoms with Gasteiger partial charge in [0, 0.05) is 24.2 Å². The van der Waals surface area contributed by atoms with E-state index in [1.165, 1.54) is 0 Å². The number of hydrogen-bond donors (Lipinski definition) is 4. The zero-order valence-electron chi connectivity index (χ0n) is 13.4. The van der Waals surface area contributed by atoms with Crippen molar-refractivity contribution in [3.05, 3.63) is 30.0 Å². The van der Waals surface area contributed by atoms with Crippen molar-refractivity contribution < 1.29 is 15.0 Å². The van der Waals surface area contributed by atoms with Gasteiger partial charge in [-0.25, -0.2) is 9.97 Å². The van der Waals surface area contributed by atoms with Crippen LogP contribution in [0, 0.1) is 0 Å². The molecule has 1 saturated carbocycles. The number of benzene rings is 1. The van der Waals surface area contributed by atoms with E-state index in [9.17, 15) is 9.90 Å². The summed E-state index contributed by atoms with van der Waals surface area (Å²) in [5.74, 6) is 0.228. The summed E-state index contributed by atoms with van der Waals surface area (Å²) in [5.41, 5.74) is 1.05. The van der Waals surface area contributed by atoms with Crippen LogP contribution < -0.4 is 10.6 Å². The first-order valence-electron chi connectivity index (χ1n) is 8.27. The standard InChI is InChI=1S/C17H22N4O3/c22-9-8-18-16(24)14-3-1-2-11-10-19-17(21-15(11)14)20-12-4-6-13(23)7-5-12/h1-3,10,12-13,22-23H,4-9H2,(H,18,24)(H,19,20,21). The zero-order chi connectivity index (χ0) is 16.9. The van der Waals surface area contributed by atoms with Crippen LogP contribution in [0.25, 0.3) is 10.9 Å². The maximum absolute atomic E-state index is 12.2. The molecule has 0 bridgehead atoms. The summed E-state index contributed by atoms with van der Waals surface area (Å²) < 4.78 is 0. The highest BCUT2D eigenvalue weighted by molar-refractivity contribution is 6.05. The predicted molar refractivity (Wildman–Crippen MR) is 90.8 cm³/mol. The molecule has 1 aliphatic rings. The number of aromatic nitrogens is 2. The van der Waals surface area contributed by atoms with Crippen LogP contribution in [0.5, 0.6) is 0 Å². The Balaban J connectivity index is 1.82. The Kier molecular flexibility index (Phi) is 5.22. The Labute approximate surface area is 140 Å². The number of fused-ring (bicyclic) bond motifs is 1. The average Bonchev–Trinajstić information content (AvgIpc) is 2.61. The van der Waals surface area contributed by atoms with Crippen LogP contribution in [0.15, 0.2) is 24.4 Å². The molecule has 128 valence electrons. The Morgan fingerprint density at radius 1 is 1.25 bits per heavy atom. The largest absolute Gasteiger partial charge is 0.395 e. The molecular formula is C17H22N4O3. The average molecular weight is 330 g/mol. The maximum Gasteiger partial charge on any atom is 0.253 e. The van der Waals surface area contributed by atoms with E-state index in [0.717, 1.165) is 31.1 Å². The molecule has 3 rings (SSSR count). The number of amides is 1. The maximum atomic E-state index is 12.2. The second kappa shape index (κ2) is 7.55. The summed E-state index contributed by atoms with van der Waals surface area (Å²) in [5, 5.41) is 25.2. The second-order valence-electron chi connectivity index (χ2n) is 6.07. The lowest BCUT2D eigenvalue weighted by molar-refractivity contribution is 0.0946. The number of anilines is 1. The molecule has 7 nitrogen and oxygen atoms in total. The van der Waals surface area contributed by atoms with Gasteiger partial charge in [0.15, 0.2) is 0 Å². The van der Waals surface area contributed by atoms with E-state index in [1.54, 1.807) is 18.3 Å². The molecule has 0 aliphatic heterocycles. The normalized spacial score (nSPS) is 20.8. The molecule has 1 heterocycles. The molecule has 0 unspecified atom stereocenters. The highest BCUT2D eigenvalue weighted by Gasteiger charge is 2.20.